The van der Waals surface area contributed by atoms with E-state index in [1.807, 2.05) is 37.3 Å². The minimum absolute atomic E-state index is 0.0609. The molecule has 0 saturated heterocycles. The summed E-state index contributed by atoms with van der Waals surface area (Å²) in [5.41, 5.74) is 3.54. The first-order chi connectivity index (χ1) is 13.1. The van der Waals surface area contributed by atoms with Crippen molar-refractivity contribution in [3.63, 3.8) is 0 Å². The van der Waals surface area contributed by atoms with E-state index < -0.39 is 5.97 Å². The van der Waals surface area contributed by atoms with E-state index in [1.165, 1.54) is 16.7 Å². The summed E-state index contributed by atoms with van der Waals surface area (Å²) < 4.78 is 7.00. The Morgan fingerprint density at radius 1 is 1.26 bits per heavy atom. The minimum Gasteiger partial charge on any atom is -0.493 e. The van der Waals surface area contributed by atoms with Gasteiger partial charge in [0.1, 0.15) is 11.4 Å². The lowest BCUT2D eigenvalue weighted by Crippen LogP contribution is -2.20. The van der Waals surface area contributed by atoms with Crippen LogP contribution >= 0.6 is 0 Å². The SMILES string of the molecule is CCOc1ccccc1C=C1CCc2c1nc1ccc(C(=O)O)cn1c2=O. The van der Waals surface area contributed by atoms with Crippen LogP contribution in [0.1, 0.15) is 40.5 Å². The molecule has 1 aromatic carbocycles. The first-order valence-electron chi connectivity index (χ1n) is 8.80. The Morgan fingerprint density at radius 2 is 2.07 bits per heavy atom. The molecule has 0 aliphatic heterocycles. The van der Waals surface area contributed by atoms with E-state index in [4.69, 9.17) is 9.84 Å². The number of carboxylic acids is 1. The van der Waals surface area contributed by atoms with Gasteiger partial charge in [0.05, 0.1) is 17.9 Å². The Morgan fingerprint density at radius 3 is 2.85 bits per heavy atom. The van der Waals surface area contributed by atoms with Crippen LogP contribution in [0.3, 0.4) is 0 Å². The van der Waals surface area contributed by atoms with Gasteiger partial charge in [-0.25, -0.2) is 9.78 Å². The van der Waals surface area contributed by atoms with Gasteiger partial charge < -0.3 is 9.84 Å². The predicted octanol–water partition coefficient (Wildman–Crippen LogP) is 3.28. The summed E-state index contributed by atoms with van der Waals surface area (Å²) in [6, 6.07) is 10.8. The number of hydrogen-bond acceptors (Lipinski definition) is 4. The largest absolute Gasteiger partial charge is 0.493 e. The second-order valence-corrected chi connectivity index (χ2v) is 6.34. The number of fused-ring (bicyclic) bond motifs is 2. The maximum atomic E-state index is 12.8. The van der Waals surface area contributed by atoms with Gasteiger partial charge >= 0.3 is 5.97 Å². The molecule has 136 valence electrons. The molecule has 2 aromatic heterocycles. The maximum Gasteiger partial charge on any atom is 0.337 e. The Hall–Kier alpha value is -3.41. The number of ether oxygens (including phenoxy) is 1. The molecule has 4 rings (SSSR count). The summed E-state index contributed by atoms with van der Waals surface area (Å²) in [5.74, 6) is -0.276. The second kappa shape index (κ2) is 6.72. The fourth-order valence-corrected chi connectivity index (χ4v) is 3.39. The van der Waals surface area contributed by atoms with Gasteiger partial charge in [-0.2, -0.15) is 0 Å². The molecule has 0 unspecified atom stereocenters. The van der Waals surface area contributed by atoms with Crippen molar-refractivity contribution in [1.82, 2.24) is 9.38 Å². The van der Waals surface area contributed by atoms with E-state index in [1.54, 1.807) is 6.07 Å². The highest BCUT2D eigenvalue weighted by Gasteiger charge is 2.23. The zero-order valence-electron chi connectivity index (χ0n) is 14.8. The molecule has 0 spiro atoms. The third kappa shape index (κ3) is 2.99. The van der Waals surface area contributed by atoms with E-state index in [-0.39, 0.29) is 11.1 Å². The van der Waals surface area contributed by atoms with Crippen LogP contribution in [0.5, 0.6) is 5.75 Å². The number of aromatic nitrogens is 2. The molecule has 0 bridgehead atoms. The van der Waals surface area contributed by atoms with Crippen LogP contribution in [0.15, 0.2) is 47.4 Å². The molecule has 1 aliphatic rings. The van der Waals surface area contributed by atoms with Gasteiger partial charge in [0.15, 0.2) is 0 Å². The van der Waals surface area contributed by atoms with Gasteiger partial charge in [-0.1, -0.05) is 18.2 Å². The minimum atomic E-state index is -1.07. The summed E-state index contributed by atoms with van der Waals surface area (Å²) >= 11 is 0. The van der Waals surface area contributed by atoms with Crippen molar-refractivity contribution in [3.05, 3.63) is 75.3 Å². The van der Waals surface area contributed by atoms with Gasteiger partial charge in [-0.3, -0.25) is 9.20 Å². The molecule has 2 heterocycles. The first-order valence-corrected chi connectivity index (χ1v) is 8.80. The molecule has 6 heteroatoms. The number of carboxylic acid groups (broad SMARTS) is 1. The molecular weight excluding hydrogens is 344 g/mol. The number of hydrogen-bond donors (Lipinski definition) is 1. The number of nitrogens with zero attached hydrogens (tertiary/aromatic N) is 2. The third-order valence-electron chi connectivity index (χ3n) is 4.66. The molecule has 1 aliphatic carbocycles. The molecule has 0 atom stereocenters. The molecule has 0 fully saturated rings. The third-order valence-corrected chi connectivity index (χ3v) is 4.66. The molecule has 0 amide bonds. The fraction of sp³-hybridized carbons (Fsp3) is 0.190. The van der Waals surface area contributed by atoms with E-state index in [0.717, 1.165) is 16.9 Å². The summed E-state index contributed by atoms with van der Waals surface area (Å²) in [6.07, 6.45) is 4.65. The smallest absolute Gasteiger partial charge is 0.337 e. The van der Waals surface area contributed by atoms with Gasteiger partial charge in [-0.15, -0.1) is 0 Å². The Balaban J connectivity index is 1.85. The highest BCUT2D eigenvalue weighted by molar-refractivity contribution is 5.88. The number of para-hydroxylation sites is 1. The average Bonchev–Trinajstić information content (AvgIpc) is 3.06. The number of carbonyl (C=O) groups is 1. The Kier molecular flexibility index (Phi) is 4.24. The Bertz CT molecular complexity index is 1140. The van der Waals surface area contributed by atoms with Crippen molar-refractivity contribution >= 4 is 23.3 Å². The number of rotatable bonds is 4. The first kappa shape index (κ1) is 17.0. The molecule has 6 nitrogen and oxygen atoms in total. The van der Waals surface area contributed by atoms with E-state index in [2.05, 4.69) is 4.98 Å². The van der Waals surface area contributed by atoms with Crippen LogP contribution in [0.4, 0.5) is 0 Å². The topological polar surface area (TPSA) is 80.9 Å². The van der Waals surface area contributed by atoms with E-state index >= 15 is 0 Å². The van der Waals surface area contributed by atoms with Crippen molar-refractivity contribution in [2.75, 3.05) is 6.61 Å². The number of pyridine rings is 1. The van der Waals surface area contributed by atoms with Crippen LogP contribution in [0.25, 0.3) is 17.3 Å². The van der Waals surface area contributed by atoms with E-state index in [0.29, 0.717) is 36.4 Å². The van der Waals surface area contributed by atoms with E-state index in [9.17, 15) is 9.59 Å². The standard InChI is InChI=1S/C21H18N2O4/c1-2-27-17-6-4-3-5-13(17)11-14-7-9-16-19(14)22-18-10-8-15(21(25)26)12-23(18)20(16)24/h3-6,8,10-12H,2,7,9H2,1H3,(H,25,26). The number of aromatic carboxylic acids is 1. The normalized spacial score (nSPS) is 14.5. The van der Waals surface area contributed by atoms with Gasteiger partial charge in [-0.05, 0) is 49.6 Å². The predicted molar refractivity (Wildman–Crippen MR) is 102 cm³/mol. The highest BCUT2D eigenvalue weighted by atomic mass is 16.5. The lowest BCUT2D eigenvalue weighted by molar-refractivity contribution is 0.0696. The summed E-state index contributed by atoms with van der Waals surface area (Å²) in [4.78, 5) is 28.6. The summed E-state index contributed by atoms with van der Waals surface area (Å²) in [5, 5.41) is 9.15. The van der Waals surface area contributed by atoms with Crippen molar-refractivity contribution in [3.8, 4) is 5.75 Å². The van der Waals surface area contributed by atoms with Gasteiger partial charge in [0.2, 0.25) is 0 Å². The molecule has 0 saturated carbocycles. The van der Waals surface area contributed by atoms with Gasteiger partial charge in [0.25, 0.3) is 5.56 Å². The van der Waals surface area contributed by atoms with Crippen molar-refractivity contribution < 1.29 is 14.6 Å². The van der Waals surface area contributed by atoms with Gasteiger partial charge in [0, 0.05) is 17.3 Å². The number of benzene rings is 1. The monoisotopic (exact) mass is 362 g/mol. The molecule has 0 radical (unpaired) electrons. The summed E-state index contributed by atoms with van der Waals surface area (Å²) in [7, 11) is 0. The van der Waals surface area contributed by atoms with Crippen molar-refractivity contribution in [1.29, 1.82) is 0 Å². The van der Waals surface area contributed by atoms with Crippen molar-refractivity contribution in [2.45, 2.75) is 19.8 Å². The zero-order valence-corrected chi connectivity index (χ0v) is 14.8. The van der Waals surface area contributed by atoms with Crippen LogP contribution in [0, 0.1) is 0 Å². The average molecular weight is 362 g/mol. The molecular formula is C21H18N2O4. The molecule has 3 aromatic rings. The molecule has 1 N–H and O–H groups in total. The van der Waals surface area contributed by atoms with Crippen molar-refractivity contribution in [2.24, 2.45) is 0 Å². The van der Waals surface area contributed by atoms with Crippen LogP contribution < -0.4 is 10.3 Å². The van der Waals surface area contributed by atoms with Crippen LogP contribution in [-0.2, 0) is 6.42 Å². The molecule has 27 heavy (non-hydrogen) atoms. The lowest BCUT2D eigenvalue weighted by Gasteiger charge is -2.09. The lowest BCUT2D eigenvalue weighted by atomic mass is 10.1. The maximum absolute atomic E-state index is 12.8. The zero-order chi connectivity index (χ0) is 19.0. The quantitative estimate of drug-likeness (QED) is 0.770. The summed E-state index contributed by atoms with van der Waals surface area (Å²) in [6.45, 7) is 2.52. The number of allylic oxidation sites excluding steroid dienone is 1. The highest BCUT2D eigenvalue weighted by Crippen LogP contribution is 2.32. The fourth-order valence-electron chi connectivity index (χ4n) is 3.39. The van der Waals surface area contributed by atoms with Crippen LogP contribution in [-0.4, -0.2) is 27.1 Å². The Labute approximate surface area is 155 Å². The second-order valence-electron chi connectivity index (χ2n) is 6.34. The van der Waals surface area contributed by atoms with Crippen LogP contribution in [0.2, 0.25) is 0 Å².